The number of anilines is 2. The number of amides is 1. The van der Waals surface area contributed by atoms with E-state index in [-0.39, 0.29) is 17.6 Å². The van der Waals surface area contributed by atoms with Gasteiger partial charge < -0.3 is 9.80 Å². The molecule has 3 aromatic carbocycles. The molecule has 1 saturated carbocycles. The Morgan fingerprint density at radius 2 is 1.56 bits per heavy atom. The normalized spacial score (nSPS) is 21.7. The van der Waals surface area contributed by atoms with Crippen molar-refractivity contribution in [2.24, 2.45) is 10.9 Å². The zero-order chi connectivity index (χ0) is 23.8. The first-order chi connectivity index (χ1) is 16.4. The van der Waals surface area contributed by atoms with Crippen LogP contribution in [0.5, 0.6) is 0 Å². The van der Waals surface area contributed by atoms with Gasteiger partial charge in [-0.05, 0) is 47.7 Å². The molecule has 1 amide bonds. The van der Waals surface area contributed by atoms with E-state index in [1.165, 1.54) is 0 Å². The van der Waals surface area contributed by atoms with Gasteiger partial charge in [0.2, 0.25) is 5.91 Å². The van der Waals surface area contributed by atoms with Gasteiger partial charge in [-0.25, -0.2) is 0 Å². The highest BCUT2D eigenvalue weighted by Crippen LogP contribution is 2.47. The van der Waals surface area contributed by atoms with Crippen LogP contribution >= 0.6 is 0 Å². The molecule has 2 aliphatic rings. The first kappa shape index (κ1) is 22.1. The largest absolute Gasteiger partial charge is 0.378 e. The predicted molar refractivity (Wildman–Crippen MR) is 137 cm³/mol. The van der Waals surface area contributed by atoms with Gasteiger partial charge in [-0.15, -0.1) is 0 Å². The van der Waals surface area contributed by atoms with Crippen LogP contribution in [0.25, 0.3) is 0 Å². The number of hydrogen-bond acceptors (Lipinski definition) is 4. The molecule has 0 radical (unpaired) electrons. The van der Waals surface area contributed by atoms with Gasteiger partial charge in [0.25, 0.3) is 0 Å². The molecule has 0 bridgehead atoms. The number of aliphatic imine (C=N–C) groups is 1. The number of fused-ring (bicyclic) bond motifs is 2. The fraction of sp³-hybridized carbons (Fsp3) is 0.276. The molecule has 0 aromatic heterocycles. The van der Waals surface area contributed by atoms with Crippen LogP contribution in [0.15, 0.2) is 83.9 Å². The van der Waals surface area contributed by atoms with Crippen molar-refractivity contribution in [2.75, 3.05) is 23.9 Å². The lowest BCUT2D eigenvalue weighted by atomic mass is 9.72. The molecule has 5 nitrogen and oxygen atoms in total. The smallest absolute Gasteiger partial charge is 0.224 e. The Kier molecular flexibility index (Phi) is 5.78. The van der Waals surface area contributed by atoms with Crippen LogP contribution in [0, 0.1) is 5.92 Å². The van der Waals surface area contributed by atoms with Crippen LogP contribution < -0.4 is 9.80 Å². The molecule has 34 heavy (non-hydrogen) atoms. The van der Waals surface area contributed by atoms with E-state index in [2.05, 4.69) is 29.2 Å². The first-order valence-corrected chi connectivity index (χ1v) is 11.7. The third kappa shape index (κ3) is 3.92. The summed E-state index contributed by atoms with van der Waals surface area (Å²) in [4.78, 5) is 35.7. The maximum absolute atomic E-state index is 13.8. The summed E-state index contributed by atoms with van der Waals surface area (Å²) in [5.41, 5.74) is 5.60. The van der Waals surface area contributed by atoms with E-state index in [0.717, 1.165) is 33.9 Å². The number of rotatable bonds is 3. The minimum Gasteiger partial charge on any atom is -0.378 e. The number of Topliss-reactive ketones (excluding diaryl/α,β-unsaturated/α-hetero) is 1. The van der Waals surface area contributed by atoms with E-state index < -0.39 is 12.0 Å². The van der Waals surface area contributed by atoms with Gasteiger partial charge in [-0.2, -0.15) is 0 Å². The molecule has 3 aromatic rings. The highest BCUT2D eigenvalue weighted by Gasteiger charge is 2.45. The molecule has 3 atom stereocenters. The number of carbonyl (C=O) groups excluding carboxylic acids is 2. The zero-order valence-corrected chi connectivity index (χ0v) is 19.8. The Morgan fingerprint density at radius 3 is 2.24 bits per heavy atom. The Hall–Kier alpha value is -3.73. The summed E-state index contributed by atoms with van der Waals surface area (Å²) >= 11 is 0. The Morgan fingerprint density at radius 1 is 0.882 bits per heavy atom. The molecule has 0 saturated heterocycles. The van der Waals surface area contributed by atoms with Crippen molar-refractivity contribution in [1.29, 1.82) is 0 Å². The SMILES string of the molecule is CC(=O)N1c2ccccc2N=C2C[C@H](c3ccc(N(C)C)cc3)CC(=O)C2[C@H]1c1ccccc1. The molecule has 172 valence electrons. The molecule has 1 unspecified atom stereocenters. The Bertz CT molecular complexity index is 1250. The van der Waals surface area contributed by atoms with Crippen molar-refractivity contribution in [3.05, 3.63) is 90.0 Å². The van der Waals surface area contributed by atoms with Gasteiger partial charge in [0.1, 0.15) is 5.78 Å². The van der Waals surface area contributed by atoms with E-state index in [4.69, 9.17) is 4.99 Å². The summed E-state index contributed by atoms with van der Waals surface area (Å²) < 4.78 is 0. The second-order valence-corrected chi connectivity index (χ2v) is 9.37. The van der Waals surface area contributed by atoms with E-state index in [0.29, 0.717) is 12.8 Å². The molecular weight excluding hydrogens is 422 g/mol. The molecule has 1 heterocycles. The van der Waals surface area contributed by atoms with Gasteiger partial charge in [0, 0.05) is 38.8 Å². The van der Waals surface area contributed by atoms with Crippen molar-refractivity contribution in [3.8, 4) is 0 Å². The molecule has 0 N–H and O–H groups in total. The predicted octanol–water partition coefficient (Wildman–Crippen LogP) is 5.70. The average Bonchev–Trinajstić information content (AvgIpc) is 2.99. The van der Waals surface area contributed by atoms with Gasteiger partial charge in [0.15, 0.2) is 0 Å². The number of para-hydroxylation sites is 2. The highest BCUT2D eigenvalue weighted by atomic mass is 16.2. The van der Waals surface area contributed by atoms with Gasteiger partial charge in [0.05, 0.1) is 23.3 Å². The van der Waals surface area contributed by atoms with Crippen LogP contribution in [0.4, 0.5) is 17.1 Å². The second kappa shape index (κ2) is 8.90. The minimum atomic E-state index is -0.462. The molecule has 1 aliphatic heterocycles. The van der Waals surface area contributed by atoms with Gasteiger partial charge in [-0.1, -0.05) is 54.6 Å². The lowest BCUT2D eigenvalue weighted by Gasteiger charge is -2.38. The van der Waals surface area contributed by atoms with E-state index in [1.807, 2.05) is 68.7 Å². The topological polar surface area (TPSA) is 53.0 Å². The highest BCUT2D eigenvalue weighted by molar-refractivity contribution is 6.13. The second-order valence-electron chi connectivity index (χ2n) is 9.37. The van der Waals surface area contributed by atoms with Crippen LogP contribution in [-0.2, 0) is 9.59 Å². The summed E-state index contributed by atoms with van der Waals surface area (Å²) in [6.07, 6.45) is 1.14. The van der Waals surface area contributed by atoms with Crippen LogP contribution in [-0.4, -0.2) is 31.5 Å². The number of nitrogens with zero attached hydrogens (tertiary/aromatic N) is 3. The lowest BCUT2D eigenvalue weighted by Crippen LogP contribution is -2.45. The molecule has 5 rings (SSSR count). The van der Waals surface area contributed by atoms with Crippen LogP contribution in [0.1, 0.15) is 42.9 Å². The van der Waals surface area contributed by atoms with Crippen LogP contribution in [0.3, 0.4) is 0 Å². The van der Waals surface area contributed by atoms with E-state index >= 15 is 0 Å². The summed E-state index contributed by atoms with van der Waals surface area (Å²) in [6.45, 7) is 1.57. The quantitative estimate of drug-likeness (QED) is 0.514. The molecule has 5 heteroatoms. The number of carbonyl (C=O) groups is 2. The third-order valence-corrected chi connectivity index (χ3v) is 6.97. The lowest BCUT2D eigenvalue weighted by molar-refractivity contribution is -0.123. The summed E-state index contributed by atoms with van der Waals surface area (Å²) in [5.74, 6) is -0.339. The zero-order valence-electron chi connectivity index (χ0n) is 19.8. The summed E-state index contributed by atoms with van der Waals surface area (Å²) in [6, 6.07) is 25.6. The van der Waals surface area contributed by atoms with Crippen molar-refractivity contribution >= 4 is 34.5 Å². The van der Waals surface area contributed by atoms with Crippen molar-refractivity contribution in [1.82, 2.24) is 0 Å². The third-order valence-electron chi connectivity index (χ3n) is 6.97. The maximum Gasteiger partial charge on any atom is 0.224 e. The van der Waals surface area contributed by atoms with Gasteiger partial charge >= 0.3 is 0 Å². The van der Waals surface area contributed by atoms with Crippen LogP contribution in [0.2, 0.25) is 0 Å². The number of hydrogen-bond donors (Lipinski definition) is 0. The number of benzene rings is 3. The van der Waals surface area contributed by atoms with E-state index in [9.17, 15) is 9.59 Å². The average molecular weight is 452 g/mol. The Labute approximate surface area is 200 Å². The molecular formula is C29H29N3O2. The van der Waals surface area contributed by atoms with Crippen molar-refractivity contribution in [2.45, 2.75) is 31.7 Å². The monoisotopic (exact) mass is 451 g/mol. The summed E-state index contributed by atoms with van der Waals surface area (Å²) in [5, 5.41) is 0. The molecule has 0 spiro atoms. The fourth-order valence-electron chi connectivity index (χ4n) is 5.33. The number of ketones is 1. The maximum atomic E-state index is 13.8. The standard InChI is InChI=1S/C29H29N3O2/c1-19(33)32-26-12-8-7-11-24(26)30-25-17-22(20-13-15-23(16-14-20)31(2)3)18-27(34)28(25)29(32)21-9-5-4-6-10-21/h4-16,22,28-29H,17-18H2,1-3H3/t22-,28?,29+/m0/s1. The summed E-state index contributed by atoms with van der Waals surface area (Å²) in [7, 11) is 4.04. The minimum absolute atomic E-state index is 0.0752. The Balaban J connectivity index is 1.61. The molecule has 1 fully saturated rings. The van der Waals surface area contributed by atoms with E-state index in [1.54, 1.807) is 11.8 Å². The first-order valence-electron chi connectivity index (χ1n) is 11.7. The van der Waals surface area contributed by atoms with Crippen molar-refractivity contribution < 1.29 is 9.59 Å². The fourth-order valence-corrected chi connectivity index (χ4v) is 5.33. The molecule has 1 aliphatic carbocycles. The van der Waals surface area contributed by atoms with Crippen molar-refractivity contribution in [3.63, 3.8) is 0 Å². The van der Waals surface area contributed by atoms with Gasteiger partial charge in [-0.3, -0.25) is 14.6 Å².